The zero-order valence-electron chi connectivity index (χ0n) is 11.7. The molecular weight excluding hydrogens is 374 g/mol. The van der Waals surface area contributed by atoms with Crippen LogP contribution >= 0.6 is 27.3 Å². The number of phenolic OH excluding ortho intramolecular Hbond substituents is 1. The largest absolute Gasteiger partial charge is 0.506 e. The van der Waals surface area contributed by atoms with Crippen LogP contribution in [0.3, 0.4) is 0 Å². The summed E-state index contributed by atoms with van der Waals surface area (Å²) in [7, 11) is 0. The number of piperazine rings is 1. The first-order chi connectivity index (χ1) is 10.6. The van der Waals surface area contributed by atoms with Gasteiger partial charge in [0.05, 0.1) is 16.1 Å². The molecular formula is C15H15BrF2N2OS. The number of benzene rings is 1. The molecule has 2 aromatic rings. The van der Waals surface area contributed by atoms with Crippen molar-refractivity contribution in [3.05, 3.63) is 50.1 Å². The molecule has 7 heteroatoms. The zero-order valence-corrected chi connectivity index (χ0v) is 14.1. The molecule has 0 spiro atoms. The van der Waals surface area contributed by atoms with Crippen LogP contribution in [0, 0.1) is 11.6 Å². The molecule has 1 atom stereocenters. The monoisotopic (exact) mass is 388 g/mol. The molecule has 1 aromatic heterocycles. The van der Waals surface area contributed by atoms with Crippen molar-refractivity contribution in [2.75, 3.05) is 26.2 Å². The summed E-state index contributed by atoms with van der Waals surface area (Å²) in [6.07, 6.45) is 0. The van der Waals surface area contributed by atoms with Gasteiger partial charge in [0.2, 0.25) is 0 Å². The van der Waals surface area contributed by atoms with E-state index >= 15 is 0 Å². The summed E-state index contributed by atoms with van der Waals surface area (Å²) in [5.41, 5.74) is -0.00350. The van der Waals surface area contributed by atoms with E-state index in [-0.39, 0.29) is 15.8 Å². The van der Waals surface area contributed by atoms with Crippen LogP contribution in [0.4, 0.5) is 8.78 Å². The van der Waals surface area contributed by atoms with E-state index in [1.54, 1.807) is 0 Å². The maximum absolute atomic E-state index is 14.4. The molecule has 3 nitrogen and oxygen atoms in total. The topological polar surface area (TPSA) is 35.5 Å². The van der Waals surface area contributed by atoms with Crippen LogP contribution in [0.25, 0.3) is 0 Å². The first-order valence-corrected chi connectivity index (χ1v) is 8.61. The van der Waals surface area contributed by atoms with E-state index in [1.165, 1.54) is 11.3 Å². The highest BCUT2D eigenvalue weighted by molar-refractivity contribution is 9.10. The lowest BCUT2D eigenvalue weighted by Crippen LogP contribution is -2.45. The Hall–Kier alpha value is -1.02. The minimum Gasteiger partial charge on any atom is -0.506 e. The summed E-state index contributed by atoms with van der Waals surface area (Å²) in [4.78, 5) is 2.94. The maximum atomic E-state index is 14.4. The average molecular weight is 389 g/mol. The van der Waals surface area contributed by atoms with Gasteiger partial charge in [0, 0.05) is 31.1 Å². The zero-order chi connectivity index (χ0) is 15.7. The molecule has 1 fully saturated rings. The van der Waals surface area contributed by atoms with Gasteiger partial charge in [0.15, 0.2) is 11.6 Å². The minimum atomic E-state index is -0.988. The predicted octanol–water partition coefficient (Wildman–Crippen LogP) is 3.49. The standard InChI is InChI=1S/C15H15BrF2N2OS/c16-9-8-10(17)13(18)12(15(9)21)14(11-2-1-7-22-11)20-5-3-19-4-6-20/h1-2,7-8,14,19,21H,3-6H2/t14-/m0/s1. The summed E-state index contributed by atoms with van der Waals surface area (Å²) in [5, 5.41) is 15.4. The Kier molecular flexibility index (Phi) is 4.77. The minimum absolute atomic E-state index is 0.00350. The van der Waals surface area contributed by atoms with E-state index in [0.717, 1.165) is 24.0 Å². The quantitative estimate of drug-likeness (QED) is 0.790. The molecule has 0 bridgehead atoms. The van der Waals surface area contributed by atoms with Crippen molar-refractivity contribution in [2.24, 2.45) is 0 Å². The molecule has 2 N–H and O–H groups in total. The summed E-state index contributed by atoms with van der Waals surface area (Å²) in [5.74, 6) is -2.19. The second-order valence-corrected chi connectivity index (χ2v) is 6.95. The van der Waals surface area contributed by atoms with Crippen molar-refractivity contribution in [3.8, 4) is 5.75 Å². The van der Waals surface area contributed by atoms with Gasteiger partial charge < -0.3 is 10.4 Å². The number of rotatable bonds is 3. The fourth-order valence-corrected chi connectivity index (χ4v) is 4.03. The molecule has 1 saturated heterocycles. The van der Waals surface area contributed by atoms with Crippen molar-refractivity contribution < 1.29 is 13.9 Å². The lowest BCUT2D eigenvalue weighted by atomic mass is 10.0. The third-order valence-electron chi connectivity index (χ3n) is 3.78. The second kappa shape index (κ2) is 6.62. The average Bonchev–Trinajstić information content (AvgIpc) is 3.04. The Morgan fingerprint density at radius 2 is 2.05 bits per heavy atom. The predicted molar refractivity (Wildman–Crippen MR) is 86.3 cm³/mol. The number of hydrogen-bond donors (Lipinski definition) is 2. The van der Waals surface area contributed by atoms with Crippen molar-refractivity contribution in [2.45, 2.75) is 6.04 Å². The van der Waals surface area contributed by atoms with Gasteiger partial charge in [0.1, 0.15) is 5.75 Å². The lowest BCUT2D eigenvalue weighted by Gasteiger charge is -2.35. The summed E-state index contributed by atoms with van der Waals surface area (Å²) < 4.78 is 28.5. The lowest BCUT2D eigenvalue weighted by molar-refractivity contribution is 0.193. The van der Waals surface area contributed by atoms with Crippen LogP contribution in [0.5, 0.6) is 5.75 Å². The third kappa shape index (κ3) is 2.90. The van der Waals surface area contributed by atoms with Gasteiger partial charge in [-0.15, -0.1) is 11.3 Å². The van der Waals surface area contributed by atoms with E-state index in [4.69, 9.17) is 0 Å². The number of aromatic hydroxyl groups is 1. The third-order valence-corrected chi connectivity index (χ3v) is 5.31. The Morgan fingerprint density at radius 1 is 1.32 bits per heavy atom. The van der Waals surface area contributed by atoms with Crippen molar-refractivity contribution in [1.29, 1.82) is 0 Å². The molecule has 0 amide bonds. The maximum Gasteiger partial charge on any atom is 0.167 e. The summed E-state index contributed by atoms with van der Waals surface area (Å²) >= 11 is 4.57. The number of hydrogen-bond acceptors (Lipinski definition) is 4. The van der Waals surface area contributed by atoms with Gasteiger partial charge in [-0.05, 0) is 33.4 Å². The van der Waals surface area contributed by atoms with Crippen molar-refractivity contribution >= 4 is 27.3 Å². The molecule has 2 heterocycles. The molecule has 1 aromatic carbocycles. The number of phenols is 1. The van der Waals surface area contributed by atoms with Gasteiger partial charge in [-0.2, -0.15) is 0 Å². The highest BCUT2D eigenvalue weighted by Gasteiger charge is 2.32. The molecule has 0 aliphatic carbocycles. The Bertz CT molecular complexity index is 634. The van der Waals surface area contributed by atoms with Crippen molar-refractivity contribution in [1.82, 2.24) is 10.2 Å². The van der Waals surface area contributed by atoms with Crippen LogP contribution in [-0.4, -0.2) is 36.2 Å². The van der Waals surface area contributed by atoms with Crippen LogP contribution in [0.2, 0.25) is 0 Å². The molecule has 3 rings (SSSR count). The number of nitrogens with zero attached hydrogens (tertiary/aromatic N) is 1. The Labute approximate surface area is 139 Å². The number of thiophene rings is 1. The molecule has 1 aliphatic rings. The van der Waals surface area contributed by atoms with Crippen molar-refractivity contribution in [3.63, 3.8) is 0 Å². The van der Waals surface area contributed by atoms with E-state index in [0.29, 0.717) is 13.1 Å². The van der Waals surface area contributed by atoms with Gasteiger partial charge in [-0.3, -0.25) is 4.90 Å². The van der Waals surface area contributed by atoms with Gasteiger partial charge in [-0.25, -0.2) is 8.78 Å². The van der Waals surface area contributed by atoms with Gasteiger partial charge in [0.25, 0.3) is 0 Å². The van der Waals surface area contributed by atoms with Crippen LogP contribution < -0.4 is 5.32 Å². The smallest absolute Gasteiger partial charge is 0.167 e. The fraction of sp³-hybridized carbons (Fsp3) is 0.333. The summed E-state index contributed by atoms with van der Waals surface area (Å²) in [6.45, 7) is 2.96. The Balaban J connectivity index is 2.14. The molecule has 22 heavy (non-hydrogen) atoms. The van der Waals surface area contributed by atoms with Crippen LogP contribution in [0.15, 0.2) is 28.1 Å². The van der Waals surface area contributed by atoms with Gasteiger partial charge in [-0.1, -0.05) is 6.07 Å². The SMILES string of the molecule is Oc1c(Br)cc(F)c(F)c1[C@H](c1cccs1)N1CCNCC1. The second-order valence-electron chi connectivity index (χ2n) is 5.12. The molecule has 0 radical (unpaired) electrons. The van der Waals surface area contributed by atoms with E-state index in [1.807, 2.05) is 17.5 Å². The first-order valence-electron chi connectivity index (χ1n) is 6.94. The van der Waals surface area contributed by atoms with Gasteiger partial charge >= 0.3 is 0 Å². The fourth-order valence-electron chi connectivity index (χ4n) is 2.75. The molecule has 1 aliphatic heterocycles. The highest BCUT2D eigenvalue weighted by Crippen LogP contribution is 2.42. The highest BCUT2D eigenvalue weighted by atomic mass is 79.9. The van der Waals surface area contributed by atoms with Crippen LogP contribution in [-0.2, 0) is 0 Å². The normalized spacial score (nSPS) is 17.6. The Morgan fingerprint density at radius 3 is 2.68 bits per heavy atom. The first kappa shape index (κ1) is 15.9. The summed E-state index contributed by atoms with van der Waals surface area (Å²) in [6, 6.07) is 4.22. The van der Waals surface area contributed by atoms with E-state index < -0.39 is 17.7 Å². The molecule has 118 valence electrons. The van der Waals surface area contributed by atoms with E-state index in [9.17, 15) is 13.9 Å². The number of halogens is 3. The number of nitrogens with one attached hydrogen (secondary N) is 1. The van der Waals surface area contributed by atoms with Crippen LogP contribution in [0.1, 0.15) is 16.5 Å². The molecule has 0 saturated carbocycles. The molecule has 0 unspecified atom stereocenters. The van der Waals surface area contributed by atoms with E-state index in [2.05, 4.69) is 26.1 Å².